The van der Waals surface area contributed by atoms with Crippen LogP contribution in [0.4, 0.5) is 35.0 Å². The van der Waals surface area contributed by atoms with Crippen LogP contribution in [0.1, 0.15) is 31.4 Å². The average molecular weight is 547 g/mol. The fourth-order valence-corrected chi connectivity index (χ4v) is 4.37. The Kier molecular flexibility index (Phi) is 6.55. The van der Waals surface area contributed by atoms with E-state index in [1.807, 2.05) is 6.92 Å². The molecule has 13 heteroatoms. The molecule has 198 valence electrons. The van der Waals surface area contributed by atoms with Gasteiger partial charge in [-0.15, -0.1) is 0 Å². The van der Waals surface area contributed by atoms with Gasteiger partial charge in [-0.25, -0.2) is 22.8 Å². The summed E-state index contributed by atoms with van der Waals surface area (Å²) in [5.41, 5.74) is 0.581. The van der Waals surface area contributed by atoms with E-state index in [2.05, 4.69) is 30.3 Å². The van der Waals surface area contributed by atoms with Gasteiger partial charge in [-0.2, -0.15) is 18.2 Å². The molecular formula is C25H22F4N6O2S. The standard InChI is InChI=1S/C25H22F4N6O2S/c1-14(15-4-8-18(9-5-15)35-38(36)37)30-23-32-20-11-10-19(16-2-6-17(26)7-3-16)31-21(20)22(33-23)34-24(12-13-24)25(27,28)29/h2-11,14,38H,12-13H2,1H3,(H,35,36,37)(H2,30,32,33,34)/t14-/m1/s1. The van der Waals surface area contributed by atoms with E-state index in [1.165, 1.54) is 24.3 Å². The zero-order valence-corrected chi connectivity index (χ0v) is 20.8. The highest BCUT2D eigenvalue weighted by Crippen LogP contribution is 2.51. The van der Waals surface area contributed by atoms with Crippen LogP contribution in [0.5, 0.6) is 0 Å². The van der Waals surface area contributed by atoms with Crippen molar-refractivity contribution >= 4 is 39.4 Å². The molecule has 0 unspecified atom stereocenters. The Labute approximate surface area is 216 Å². The smallest absolute Gasteiger partial charge is 0.354 e. The van der Waals surface area contributed by atoms with E-state index in [9.17, 15) is 26.0 Å². The van der Waals surface area contributed by atoms with Crippen LogP contribution in [0.15, 0.2) is 60.7 Å². The summed E-state index contributed by atoms with van der Waals surface area (Å²) in [6, 6.07) is 15.1. The van der Waals surface area contributed by atoms with Crippen molar-refractivity contribution in [1.82, 2.24) is 15.0 Å². The molecule has 1 saturated carbocycles. The van der Waals surface area contributed by atoms with Crippen LogP contribution in [0.2, 0.25) is 0 Å². The van der Waals surface area contributed by atoms with E-state index in [4.69, 9.17) is 0 Å². The van der Waals surface area contributed by atoms with E-state index in [1.54, 1.807) is 36.4 Å². The largest absolute Gasteiger partial charge is 0.411 e. The van der Waals surface area contributed by atoms with E-state index in [0.717, 1.165) is 5.56 Å². The highest BCUT2D eigenvalue weighted by Gasteiger charge is 2.64. The molecule has 0 amide bonds. The fraction of sp³-hybridized carbons (Fsp3) is 0.240. The SMILES string of the molecule is C[C@@H](Nc1nc(NC2(C(F)(F)F)CC2)c2nc(-c3ccc(F)cc3)ccc2n1)c1ccc(N[SH](=O)=O)cc1. The van der Waals surface area contributed by atoms with Gasteiger partial charge in [0.2, 0.25) is 16.8 Å². The third kappa shape index (κ3) is 5.32. The highest BCUT2D eigenvalue weighted by atomic mass is 32.2. The summed E-state index contributed by atoms with van der Waals surface area (Å²) in [5, 5.41) is 5.67. The lowest BCUT2D eigenvalue weighted by Gasteiger charge is -2.23. The minimum atomic E-state index is -4.48. The fourth-order valence-electron chi connectivity index (χ4n) is 4.01. The number of anilines is 3. The van der Waals surface area contributed by atoms with Crippen molar-refractivity contribution in [3.8, 4) is 11.3 Å². The van der Waals surface area contributed by atoms with Crippen LogP contribution < -0.4 is 15.4 Å². The number of thiol groups is 1. The van der Waals surface area contributed by atoms with Crippen molar-refractivity contribution in [2.24, 2.45) is 0 Å². The van der Waals surface area contributed by atoms with Gasteiger partial charge >= 0.3 is 6.18 Å². The Morgan fingerprint density at radius 1 is 0.921 bits per heavy atom. The van der Waals surface area contributed by atoms with Crippen LogP contribution in [-0.4, -0.2) is 35.1 Å². The van der Waals surface area contributed by atoms with Gasteiger partial charge in [0.05, 0.1) is 17.3 Å². The molecule has 8 nitrogen and oxygen atoms in total. The molecular weight excluding hydrogens is 524 g/mol. The van der Waals surface area contributed by atoms with Gasteiger partial charge < -0.3 is 10.6 Å². The van der Waals surface area contributed by atoms with Gasteiger partial charge in [-0.05, 0) is 73.9 Å². The molecule has 2 heterocycles. The van der Waals surface area contributed by atoms with Crippen molar-refractivity contribution in [3.05, 3.63) is 72.0 Å². The van der Waals surface area contributed by atoms with E-state index >= 15 is 0 Å². The van der Waals surface area contributed by atoms with Gasteiger partial charge in [-0.3, -0.25) is 4.72 Å². The van der Waals surface area contributed by atoms with E-state index in [-0.39, 0.29) is 36.2 Å². The summed E-state index contributed by atoms with van der Waals surface area (Å²) in [4.78, 5) is 13.3. The summed E-state index contributed by atoms with van der Waals surface area (Å²) in [7, 11) is -2.79. The number of nitrogens with zero attached hydrogens (tertiary/aromatic N) is 3. The summed E-state index contributed by atoms with van der Waals surface area (Å²) in [5.74, 6) is -0.397. The molecule has 2 aromatic carbocycles. The second-order valence-electron chi connectivity index (χ2n) is 9.03. The third-order valence-corrected chi connectivity index (χ3v) is 6.75. The monoisotopic (exact) mass is 546 g/mol. The van der Waals surface area contributed by atoms with E-state index < -0.39 is 28.4 Å². The average Bonchev–Trinajstić information content (AvgIpc) is 3.65. The normalized spacial score (nSPS) is 15.3. The van der Waals surface area contributed by atoms with Gasteiger partial charge in [0, 0.05) is 11.3 Å². The first kappa shape index (κ1) is 25.6. The molecule has 2 aromatic heterocycles. The molecule has 5 rings (SSSR count). The number of aromatic nitrogens is 3. The van der Waals surface area contributed by atoms with Crippen LogP contribution in [-0.2, 0) is 10.9 Å². The molecule has 1 atom stereocenters. The number of fused-ring (bicyclic) bond motifs is 1. The lowest BCUT2D eigenvalue weighted by molar-refractivity contribution is -0.151. The molecule has 1 aliphatic rings. The molecule has 0 bridgehead atoms. The second-order valence-corrected chi connectivity index (χ2v) is 9.77. The maximum atomic E-state index is 13.8. The molecule has 4 aromatic rings. The van der Waals surface area contributed by atoms with Crippen LogP contribution in [0.3, 0.4) is 0 Å². The summed E-state index contributed by atoms with van der Waals surface area (Å²) in [6.45, 7) is 1.81. The van der Waals surface area contributed by atoms with Crippen LogP contribution in [0, 0.1) is 5.82 Å². The van der Waals surface area contributed by atoms with Gasteiger partial charge in [0.15, 0.2) is 5.82 Å². The first-order valence-corrected chi connectivity index (χ1v) is 12.8. The lowest BCUT2D eigenvalue weighted by atomic mass is 10.1. The maximum absolute atomic E-state index is 13.8. The number of hydrogen-bond donors (Lipinski definition) is 4. The van der Waals surface area contributed by atoms with Crippen molar-refractivity contribution in [2.75, 3.05) is 15.4 Å². The van der Waals surface area contributed by atoms with Gasteiger partial charge in [-0.1, -0.05) is 12.1 Å². The van der Waals surface area contributed by atoms with Crippen molar-refractivity contribution in [2.45, 2.75) is 37.5 Å². The number of halogens is 4. The highest BCUT2D eigenvalue weighted by molar-refractivity contribution is 7.73. The summed E-state index contributed by atoms with van der Waals surface area (Å²) in [6.07, 6.45) is -4.66. The quantitative estimate of drug-likeness (QED) is 0.172. The third-order valence-electron chi connectivity index (χ3n) is 6.31. The Morgan fingerprint density at radius 3 is 2.21 bits per heavy atom. The molecule has 38 heavy (non-hydrogen) atoms. The Balaban J connectivity index is 1.50. The van der Waals surface area contributed by atoms with Crippen LogP contribution >= 0.6 is 0 Å². The van der Waals surface area contributed by atoms with Gasteiger partial charge in [0.1, 0.15) is 16.9 Å². The topological polar surface area (TPSA) is 109 Å². The van der Waals surface area contributed by atoms with E-state index in [0.29, 0.717) is 22.5 Å². The zero-order chi connectivity index (χ0) is 27.1. The number of benzene rings is 2. The zero-order valence-electron chi connectivity index (χ0n) is 19.9. The molecule has 1 aliphatic carbocycles. The van der Waals surface area contributed by atoms with Crippen molar-refractivity contribution in [3.63, 3.8) is 0 Å². The van der Waals surface area contributed by atoms with Crippen molar-refractivity contribution in [1.29, 1.82) is 0 Å². The second kappa shape index (κ2) is 9.71. The number of pyridine rings is 1. The molecule has 0 spiro atoms. The minimum absolute atomic E-state index is 0.0673. The summed E-state index contributed by atoms with van der Waals surface area (Å²) >= 11 is 0. The minimum Gasteiger partial charge on any atom is -0.354 e. The number of alkyl halides is 3. The maximum Gasteiger partial charge on any atom is 0.411 e. The number of nitrogens with one attached hydrogen (secondary N) is 3. The molecule has 3 N–H and O–H groups in total. The first-order valence-electron chi connectivity index (χ1n) is 11.6. The summed E-state index contributed by atoms with van der Waals surface area (Å²) < 4.78 is 78.7. The predicted molar refractivity (Wildman–Crippen MR) is 137 cm³/mol. The Hall–Kier alpha value is -4.00. The molecule has 0 aliphatic heterocycles. The molecule has 1 fully saturated rings. The molecule has 0 saturated heterocycles. The molecule has 0 radical (unpaired) electrons. The Bertz CT molecular complexity index is 1550. The number of hydrogen-bond acceptors (Lipinski definition) is 7. The first-order chi connectivity index (χ1) is 18.0. The Morgan fingerprint density at radius 2 is 1.61 bits per heavy atom. The predicted octanol–water partition coefficient (Wildman–Crippen LogP) is 5.45. The van der Waals surface area contributed by atoms with Gasteiger partial charge in [0.25, 0.3) is 0 Å². The number of rotatable bonds is 8. The van der Waals surface area contributed by atoms with Crippen molar-refractivity contribution < 1.29 is 26.0 Å². The lowest BCUT2D eigenvalue weighted by Crippen LogP contribution is -2.39. The van der Waals surface area contributed by atoms with Crippen LogP contribution in [0.25, 0.3) is 22.3 Å².